The van der Waals surface area contributed by atoms with E-state index in [0.29, 0.717) is 11.6 Å². The van der Waals surface area contributed by atoms with Gasteiger partial charge in [0, 0.05) is 13.2 Å². The Morgan fingerprint density at radius 2 is 2.29 bits per heavy atom. The molecule has 2 rings (SSSR count). The number of furan rings is 1. The summed E-state index contributed by atoms with van der Waals surface area (Å²) in [6, 6.07) is 3.60. The summed E-state index contributed by atoms with van der Waals surface area (Å²) in [6.07, 6.45) is 3.28. The van der Waals surface area contributed by atoms with Crippen molar-refractivity contribution in [3.05, 3.63) is 29.1 Å². The highest BCUT2D eigenvalue weighted by Gasteiger charge is 2.09. The van der Waals surface area contributed by atoms with Crippen molar-refractivity contribution < 1.29 is 4.42 Å². The number of halogens is 1. The normalized spacial score (nSPS) is 10.1. The Bertz CT molecular complexity index is 441. The van der Waals surface area contributed by atoms with Gasteiger partial charge in [0.1, 0.15) is 5.82 Å². The van der Waals surface area contributed by atoms with Crippen LogP contribution in [0.15, 0.2) is 33.5 Å². The molecule has 0 saturated heterocycles. The van der Waals surface area contributed by atoms with Crippen molar-refractivity contribution in [1.82, 2.24) is 9.97 Å². The fourth-order valence-electron chi connectivity index (χ4n) is 1.06. The van der Waals surface area contributed by atoms with Gasteiger partial charge in [0.05, 0.1) is 10.7 Å². The molecule has 0 radical (unpaired) electrons. The number of aromatic nitrogens is 2. The summed E-state index contributed by atoms with van der Waals surface area (Å²) in [5, 5.41) is 2.94. The summed E-state index contributed by atoms with van der Waals surface area (Å²) < 4.78 is 6.10. The minimum absolute atomic E-state index is 0.564. The number of hydrogen-bond acceptors (Lipinski definition) is 4. The molecule has 0 aliphatic heterocycles. The van der Waals surface area contributed by atoms with Crippen molar-refractivity contribution in [2.75, 3.05) is 12.4 Å². The lowest BCUT2D eigenvalue weighted by atomic mass is 10.4. The topological polar surface area (TPSA) is 51.0 Å². The van der Waals surface area contributed by atoms with Crippen LogP contribution in [-0.2, 0) is 0 Å². The van der Waals surface area contributed by atoms with E-state index in [1.54, 1.807) is 18.5 Å². The second kappa shape index (κ2) is 3.79. The van der Waals surface area contributed by atoms with Gasteiger partial charge >= 0.3 is 0 Å². The first-order chi connectivity index (χ1) is 6.81. The second-order valence-electron chi connectivity index (χ2n) is 2.61. The van der Waals surface area contributed by atoms with Gasteiger partial charge in [0.25, 0.3) is 0 Å². The van der Waals surface area contributed by atoms with Crippen LogP contribution in [-0.4, -0.2) is 17.0 Å². The number of anilines is 1. The van der Waals surface area contributed by atoms with Crippen LogP contribution in [0.3, 0.4) is 0 Å². The van der Waals surface area contributed by atoms with Crippen LogP contribution in [0.2, 0.25) is 0 Å². The third-order valence-electron chi connectivity index (χ3n) is 1.73. The van der Waals surface area contributed by atoms with E-state index in [0.717, 1.165) is 10.3 Å². The predicted octanol–water partition coefficient (Wildman–Crippen LogP) is 2.54. The van der Waals surface area contributed by atoms with Crippen LogP contribution in [0.4, 0.5) is 5.82 Å². The Balaban J connectivity index is 2.47. The highest BCUT2D eigenvalue weighted by atomic mass is 79.9. The molecule has 0 amide bonds. The molecule has 1 N–H and O–H groups in total. The van der Waals surface area contributed by atoms with Crippen molar-refractivity contribution in [3.8, 4) is 11.6 Å². The van der Waals surface area contributed by atoms with E-state index in [9.17, 15) is 0 Å². The van der Waals surface area contributed by atoms with Gasteiger partial charge < -0.3 is 9.73 Å². The van der Waals surface area contributed by atoms with Crippen LogP contribution in [0.1, 0.15) is 0 Å². The van der Waals surface area contributed by atoms with Crippen molar-refractivity contribution >= 4 is 21.7 Å². The van der Waals surface area contributed by atoms with Crippen LogP contribution >= 0.6 is 15.9 Å². The number of hydrogen-bond donors (Lipinski definition) is 1. The summed E-state index contributed by atoms with van der Waals surface area (Å²) in [5.74, 6) is 1.97. The molecule has 0 fully saturated rings. The van der Waals surface area contributed by atoms with Crippen LogP contribution in [0, 0.1) is 0 Å². The quantitative estimate of drug-likeness (QED) is 0.894. The van der Waals surface area contributed by atoms with Gasteiger partial charge in [-0.3, -0.25) is 0 Å². The summed E-state index contributed by atoms with van der Waals surface area (Å²) in [4.78, 5) is 8.36. The molecule has 0 aliphatic rings. The van der Waals surface area contributed by atoms with E-state index in [-0.39, 0.29) is 0 Å². The lowest BCUT2D eigenvalue weighted by molar-refractivity contribution is 0.576. The zero-order valence-electron chi connectivity index (χ0n) is 7.49. The zero-order valence-corrected chi connectivity index (χ0v) is 9.08. The average molecular weight is 254 g/mol. The molecule has 72 valence electrons. The van der Waals surface area contributed by atoms with Gasteiger partial charge in [-0.2, -0.15) is 0 Å². The zero-order chi connectivity index (χ0) is 9.97. The molecule has 4 nitrogen and oxygen atoms in total. The van der Waals surface area contributed by atoms with Gasteiger partial charge in [-0.25, -0.2) is 9.97 Å². The minimum atomic E-state index is 0.564. The fraction of sp³-hybridized carbons (Fsp3) is 0.111. The maximum Gasteiger partial charge on any atom is 0.198 e. The van der Waals surface area contributed by atoms with Crippen molar-refractivity contribution in [2.24, 2.45) is 0 Å². The molecule has 0 saturated carbocycles. The second-order valence-corrected chi connectivity index (χ2v) is 3.47. The van der Waals surface area contributed by atoms with E-state index >= 15 is 0 Å². The first kappa shape index (κ1) is 9.21. The third kappa shape index (κ3) is 1.63. The minimum Gasteiger partial charge on any atom is -0.460 e. The number of nitrogens with one attached hydrogen (secondary N) is 1. The molecular weight excluding hydrogens is 246 g/mol. The standard InChI is InChI=1S/C9H8BrN3O/c1-11-7-2-4-12-9(13-7)8-6(10)3-5-14-8/h2-5H,1H3,(H,11,12,13). The molecule has 0 aromatic carbocycles. The maximum absolute atomic E-state index is 5.25. The molecule has 0 spiro atoms. The molecule has 5 heteroatoms. The monoisotopic (exact) mass is 253 g/mol. The number of nitrogens with zero attached hydrogens (tertiary/aromatic N) is 2. The summed E-state index contributed by atoms with van der Waals surface area (Å²) in [7, 11) is 1.81. The Labute approximate surface area is 89.5 Å². The molecule has 2 heterocycles. The Hall–Kier alpha value is -1.36. The van der Waals surface area contributed by atoms with Crippen molar-refractivity contribution in [1.29, 1.82) is 0 Å². The van der Waals surface area contributed by atoms with E-state index in [2.05, 4.69) is 31.2 Å². The van der Waals surface area contributed by atoms with Crippen molar-refractivity contribution in [3.63, 3.8) is 0 Å². The molecule has 0 atom stereocenters. The van der Waals surface area contributed by atoms with Gasteiger partial charge in [0.2, 0.25) is 0 Å². The third-order valence-corrected chi connectivity index (χ3v) is 2.36. The molecule has 2 aromatic rings. The van der Waals surface area contributed by atoms with Crippen LogP contribution in [0.25, 0.3) is 11.6 Å². The Morgan fingerprint density at radius 1 is 1.43 bits per heavy atom. The highest BCUT2D eigenvalue weighted by Crippen LogP contribution is 2.26. The lowest BCUT2D eigenvalue weighted by Crippen LogP contribution is -1.95. The molecule has 14 heavy (non-hydrogen) atoms. The van der Waals surface area contributed by atoms with E-state index in [1.807, 2.05) is 13.1 Å². The molecular formula is C9H8BrN3O. The summed E-state index contributed by atoms with van der Waals surface area (Å²) >= 11 is 3.36. The summed E-state index contributed by atoms with van der Waals surface area (Å²) in [5.41, 5.74) is 0. The maximum atomic E-state index is 5.25. The average Bonchev–Trinajstić information content (AvgIpc) is 2.65. The smallest absolute Gasteiger partial charge is 0.198 e. The molecule has 2 aromatic heterocycles. The molecule has 0 aliphatic carbocycles. The van der Waals surface area contributed by atoms with Crippen LogP contribution in [0.5, 0.6) is 0 Å². The summed E-state index contributed by atoms with van der Waals surface area (Å²) in [6.45, 7) is 0. The van der Waals surface area contributed by atoms with E-state index in [4.69, 9.17) is 4.42 Å². The van der Waals surface area contributed by atoms with Gasteiger partial charge in [-0.15, -0.1) is 0 Å². The molecule has 0 bridgehead atoms. The lowest BCUT2D eigenvalue weighted by Gasteiger charge is -2.00. The number of rotatable bonds is 2. The van der Waals surface area contributed by atoms with E-state index in [1.165, 1.54) is 0 Å². The predicted molar refractivity (Wildman–Crippen MR) is 57.0 cm³/mol. The first-order valence-electron chi connectivity index (χ1n) is 4.05. The van der Waals surface area contributed by atoms with Gasteiger partial charge in [-0.1, -0.05) is 0 Å². The molecule has 0 unspecified atom stereocenters. The largest absolute Gasteiger partial charge is 0.460 e. The van der Waals surface area contributed by atoms with Crippen LogP contribution < -0.4 is 5.32 Å². The SMILES string of the molecule is CNc1ccnc(-c2occc2Br)n1. The highest BCUT2D eigenvalue weighted by molar-refractivity contribution is 9.10. The van der Waals surface area contributed by atoms with Gasteiger partial charge in [-0.05, 0) is 28.1 Å². The van der Waals surface area contributed by atoms with E-state index < -0.39 is 0 Å². The first-order valence-corrected chi connectivity index (χ1v) is 4.84. The van der Waals surface area contributed by atoms with Crippen molar-refractivity contribution in [2.45, 2.75) is 0 Å². The Morgan fingerprint density at radius 3 is 2.93 bits per heavy atom. The fourth-order valence-corrected chi connectivity index (χ4v) is 1.44. The van der Waals surface area contributed by atoms with Gasteiger partial charge in [0.15, 0.2) is 11.6 Å². The Kier molecular flexibility index (Phi) is 2.49.